The van der Waals surface area contributed by atoms with E-state index in [1.54, 1.807) is 0 Å². The number of rotatable bonds is 1. The van der Waals surface area contributed by atoms with Gasteiger partial charge in [0.15, 0.2) is 0 Å². The molecule has 72 valence electrons. The molecule has 0 fully saturated rings. The van der Waals surface area contributed by atoms with Gasteiger partial charge in [-0.15, -0.1) is 0 Å². The SMILES string of the molecule is O=c1[nH][nH]c(=S)n1-c1cccc(I)c1. The highest BCUT2D eigenvalue weighted by Crippen LogP contribution is 2.10. The van der Waals surface area contributed by atoms with E-state index in [4.69, 9.17) is 12.2 Å². The van der Waals surface area contributed by atoms with E-state index < -0.39 is 0 Å². The highest BCUT2D eigenvalue weighted by Gasteiger charge is 2.02. The summed E-state index contributed by atoms with van der Waals surface area (Å²) in [6, 6.07) is 7.56. The van der Waals surface area contributed by atoms with Crippen LogP contribution in [0.3, 0.4) is 0 Å². The second kappa shape index (κ2) is 3.70. The van der Waals surface area contributed by atoms with Crippen LogP contribution in [0.15, 0.2) is 29.1 Å². The zero-order valence-corrected chi connectivity index (χ0v) is 9.93. The maximum Gasteiger partial charge on any atom is 0.347 e. The topological polar surface area (TPSA) is 53.6 Å². The van der Waals surface area contributed by atoms with Gasteiger partial charge >= 0.3 is 5.69 Å². The van der Waals surface area contributed by atoms with Gasteiger partial charge in [-0.05, 0) is 53.0 Å². The molecule has 14 heavy (non-hydrogen) atoms. The molecule has 0 aliphatic heterocycles. The van der Waals surface area contributed by atoms with Gasteiger partial charge in [0.25, 0.3) is 0 Å². The van der Waals surface area contributed by atoms with E-state index in [0.29, 0.717) is 4.77 Å². The van der Waals surface area contributed by atoms with Gasteiger partial charge in [-0.3, -0.25) is 5.10 Å². The summed E-state index contributed by atoms with van der Waals surface area (Å²) in [6.07, 6.45) is 0. The van der Waals surface area contributed by atoms with Crippen LogP contribution in [0.4, 0.5) is 0 Å². The molecule has 0 aliphatic rings. The summed E-state index contributed by atoms with van der Waals surface area (Å²) in [7, 11) is 0. The molecule has 1 heterocycles. The molecule has 0 radical (unpaired) electrons. The molecule has 2 N–H and O–H groups in total. The van der Waals surface area contributed by atoms with E-state index in [1.807, 2.05) is 24.3 Å². The molecule has 0 amide bonds. The van der Waals surface area contributed by atoms with Gasteiger partial charge in [-0.1, -0.05) is 6.07 Å². The molecule has 2 aromatic rings. The highest BCUT2D eigenvalue weighted by molar-refractivity contribution is 14.1. The number of hydrogen-bond donors (Lipinski definition) is 2. The maximum atomic E-state index is 11.4. The van der Waals surface area contributed by atoms with Crippen LogP contribution in [0.25, 0.3) is 5.69 Å². The average Bonchev–Trinajstić information content (AvgIpc) is 2.46. The predicted octanol–water partition coefficient (Wildman–Crippen LogP) is 1.83. The third-order valence-corrected chi connectivity index (χ3v) is 2.70. The molecule has 1 aromatic heterocycles. The van der Waals surface area contributed by atoms with E-state index in [1.165, 1.54) is 4.57 Å². The lowest BCUT2D eigenvalue weighted by molar-refractivity contribution is 0.974. The van der Waals surface area contributed by atoms with E-state index in [9.17, 15) is 4.79 Å². The lowest BCUT2D eigenvalue weighted by Gasteiger charge is -1.99. The van der Waals surface area contributed by atoms with Crippen molar-refractivity contribution in [2.45, 2.75) is 0 Å². The van der Waals surface area contributed by atoms with Gasteiger partial charge in [0.2, 0.25) is 4.77 Å². The molecule has 6 heteroatoms. The van der Waals surface area contributed by atoms with Crippen LogP contribution >= 0.6 is 34.8 Å². The van der Waals surface area contributed by atoms with E-state index in [0.717, 1.165) is 9.26 Å². The Morgan fingerprint density at radius 3 is 2.71 bits per heavy atom. The summed E-state index contributed by atoms with van der Waals surface area (Å²) in [5.41, 5.74) is 0.515. The molecule has 4 nitrogen and oxygen atoms in total. The minimum Gasteiger partial charge on any atom is -0.272 e. The first-order valence-corrected chi connectivity index (χ1v) is 5.33. The summed E-state index contributed by atoms with van der Waals surface area (Å²) in [4.78, 5) is 11.4. The second-order valence-corrected chi connectivity index (χ2v) is 4.31. The molecule has 0 aliphatic carbocycles. The van der Waals surface area contributed by atoms with Crippen LogP contribution < -0.4 is 5.69 Å². The zero-order chi connectivity index (χ0) is 10.1. The lowest BCUT2D eigenvalue weighted by atomic mass is 10.3. The first-order chi connectivity index (χ1) is 6.68. The average molecular weight is 319 g/mol. The Hall–Kier alpha value is -0.890. The van der Waals surface area contributed by atoms with E-state index in [-0.39, 0.29) is 5.69 Å². The number of halogens is 1. The Morgan fingerprint density at radius 2 is 2.14 bits per heavy atom. The van der Waals surface area contributed by atoms with Crippen molar-refractivity contribution in [3.05, 3.63) is 43.1 Å². The fourth-order valence-electron chi connectivity index (χ4n) is 1.16. The number of hydrogen-bond acceptors (Lipinski definition) is 2. The molecule has 0 saturated heterocycles. The van der Waals surface area contributed by atoms with Crippen molar-refractivity contribution in [3.8, 4) is 5.69 Å². The van der Waals surface area contributed by atoms with Crippen LogP contribution in [0.5, 0.6) is 0 Å². The minimum atomic E-state index is -0.253. The quantitative estimate of drug-likeness (QED) is 0.622. The molecule has 1 aromatic carbocycles. The maximum absolute atomic E-state index is 11.4. The summed E-state index contributed by atoms with van der Waals surface area (Å²) in [5, 5.41) is 5.02. The Labute approximate surface area is 98.1 Å². The predicted molar refractivity (Wildman–Crippen MR) is 64.3 cm³/mol. The first kappa shape index (κ1) is 9.66. The Morgan fingerprint density at radius 1 is 1.36 bits per heavy atom. The highest BCUT2D eigenvalue weighted by atomic mass is 127. The Kier molecular flexibility index (Phi) is 2.55. The van der Waals surface area contributed by atoms with Gasteiger partial charge in [-0.2, -0.15) is 0 Å². The summed E-state index contributed by atoms with van der Waals surface area (Å²) in [6.45, 7) is 0. The molecular formula is C8H6IN3OS. The van der Waals surface area contributed by atoms with Crippen molar-refractivity contribution in [2.75, 3.05) is 0 Å². The standard InChI is InChI=1S/C8H6IN3OS/c9-5-2-1-3-6(4-5)12-7(13)10-11-8(12)14/h1-4H,(H,10,13)(H,11,14). The van der Waals surface area contributed by atoms with Crippen LogP contribution in [0, 0.1) is 8.34 Å². The van der Waals surface area contributed by atoms with Gasteiger partial charge in [-0.25, -0.2) is 14.5 Å². The smallest absolute Gasteiger partial charge is 0.272 e. The molecule has 0 bridgehead atoms. The molecule has 0 atom stereocenters. The second-order valence-electron chi connectivity index (χ2n) is 2.68. The molecule has 0 unspecified atom stereocenters. The van der Waals surface area contributed by atoms with Gasteiger partial charge < -0.3 is 0 Å². The zero-order valence-electron chi connectivity index (χ0n) is 6.95. The van der Waals surface area contributed by atoms with Crippen LogP contribution in [-0.2, 0) is 0 Å². The van der Waals surface area contributed by atoms with Crippen LogP contribution in [0.2, 0.25) is 0 Å². The molecule has 2 rings (SSSR count). The van der Waals surface area contributed by atoms with Crippen LogP contribution in [0.1, 0.15) is 0 Å². The van der Waals surface area contributed by atoms with Crippen LogP contribution in [-0.4, -0.2) is 14.8 Å². The van der Waals surface area contributed by atoms with Crippen molar-refractivity contribution in [3.63, 3.8) is 0 Å². The normalized spacial score (nSPS) is 10.4. The number of aromatic amines is 2. The fraction of sp³-hybridized carbons (Fsp3) is 0. The van der Waals surface area contributed by atoms with E-state index >= 15 is 0 Å². The number of H-pyrrole nitrogens is 2. The summed E-state index contributed by atoms with van der Waals surface area (Å²) < 4.78 is 2.84. The largest absolute Gasteiger partial charge is 0.347 e. The number of nitrogens with one attached hydrogen (secondary N) is 2. The summed E-state index contributed by atoms with van der Waals surface area (Å²) in [5.74, 6) is 0. The third kappa shape index (κ3) is 1.67. The van der Waals surface area contributed by atoms with Crippen molar-refractivity contribution in [2.24, 2.45) is 0 Å². The third-order valence-electron chi connectivity index (χ3n) is 1.75. The van der Waals surface area contributed by atoms with Crippen molar-refractivity contribution in [1.82, 2.24) is 14.8 Å². The number of aromatic nitrogens is 3. The van der Waals surface area contributed by atoms with Gasteiger partial charge in [0.1, 0.15) is 0 Å². The molecule has 0 spiro atoms. The monoisotopic (exact) mass is 319 g/mol. The lowest BCUT2D eigenvalue weighted by Crippen LogP contribution is -2.14. The first-order valence-electron chi connectivity index (χ1n) is 3.84. The summed E-state index contributed by atoms with van der Waals surface area (Å²) >= 11 is 7.16. The van der Waals surface area contributed by atoms with Gasteiger partial charge in [0, 0.05) is 3.57 Å². The number of benzene rings is 1. The molecule has 0 saturated carbocycles. The number of nitrogens with zero attached hydrogens (tertiary/aromatic N) is 1. The van der Waals surface area contributed by atoms with Gasteiger partial charge in [0.05, 0.1) is 5.69 Å². The molecular weight excluding hydrogens is 313 g/mol. The Balaban J connectivity index is 2.72. The van der Waals surface area contributed by atoms with Crippen molar-refractivity contribution < 1.29 is 0 Å². The fourth-order valence-corrected chi connectivity index (χ4v) is 1.93. The van der Waals surface area contributed by atoms with Crippen molar-refractivity contribution >= 4 is 34.8 Å². The minimum absolute atomic E-state index is 0.253. The van der Waals surface area contributed by atoms with E-state index in [2.05, 4.69) is 32.8 Å². The Bertz CT molecular complexity index is 541. The van der Waals surface area contributed by atoms with Crippen molar-refractivity contribution in [1.29, 1.82) is 0 Å².